The van der Waals surface area contributed by atoms with Crippen LogP contribution in [0.2, 0.25) is 0 Å². The maximum Gasteiger partial charge on any atom is 0.255 e. The monoisotopic (exact) mass is 500 g/mol. The van der Waals surface area contributed by atoms with E-state index in [4.69, 9.17) is 4.74 Å². The Morgan fingerprint density at radius 1 is 0.865 bits per heavy atom. The van der Waals surface area contributed by atoms with Gasteiger partial charge in [0.2, 0.25) is 0 Å². The van der Waals surface area contributed by atoms with Crippen molar-refractivity contribution in [3.8, 4) is 0 Å². The van der Waals surface area contributed by atoms with Gasteiger partial charge in [0.05, 0.1) is 13.2 Å². The van der Waals surface area contributed by atoms with E-state index in [0.29, 0.717) is 35.7 Å². The van der Waals surface area contributed by atoms with E-state index in [0.717, 1.165) is 44.0 Å². The molecule has 1 aliphatic heterocycles. The summed E-state index contributed by atoms with van der Waals surface area (Å²) in [5, 5.41) is 5.96. The summed E-state index contributed by atoms with van der Waals surface area (Å²) in [7, 11) is 0. The van der Waals surface area contributed by atoms with E-state index in [2.05, 4.69) is 34.3 Å². The lowest BCUT2D eigenvalue weighted by Gasteiger charge is -2.29. The van der Waals surface area contributed by atoms with Gasteiger partial charge in [-0.2, -0.15) is 0 Å². The standard InChI is InChI=1S/C30H36N4O3/c1-4-33(5-2)21-23-10-12-24(13-11-23)29(35)32-28-20-26(14-9-22(28)3)31-30(36)25-7-6-8-27(19-25)34-15-17-37-18-16-34/h6-14,19-20H,4-5,15-18,21H2,1-3H3,(H,31,36)(H,32,35). The number of anilines is 3. The van der Waals surface area contributed by atoms with Crippen LogP contribution in [0.4, 0.5) is 17.1 Å². The molecule has 3 aromatic carbocycles. The van der Waals surface area contributed by atoms with Crippen LogP contribution in [0.5, 0.6) is 0 Å². The van der Waals surface area contributed by atoms with Crippen LogP contribution in [0, 0.1) is 6.92 Å². The van der Waals surface area contributed by atoms with Crippen molar-refractivity contribution < 1.29 is 14.3 Å². The minimum Gasteiger partial charge on any atom is -0.378 e. The predicted octanol–water partition coefficient (Wildman–Crippen LogP) is 5.18. The van der Waals surface area contributed by atoms with Crippen molar-refractivity contribution in [1.29, 1.82) is 0 Å². The lowest BCUT2D eigenvalue weighted by Crippen LogP contribution is -2.36. The minimum atomic E-state index is -0.194. The molecule has 2 amide bonds. The maximum atomic E-state index is 13.0. The zero-order valence-corrected chi connectivity index (χ0v) is 21.9. The van der Waals surface area contributed by atoms with Crippen molar-refractivity contribution in [2.24, 2.45) is 0 Å². The third-order valence-electron chi connectivity index (χ3n) is 6.74. The van der Waals surface area contributed by atoms with Gasteiger partial charge in [-0.15, -0.1) is 0 Å². The van der Waals surface area contributed by atoms with Gasteiger partial charge in [-0.3, -0.25) is 14.5 Å². The van der Waals surface area contributed by atoms with Crippen molar-refractivity contribution in [2.45, 2.75) is 27.3 Å². The van der Waals surface area contributed by atoms with E-state index >= 15 is 0 Å². The zero-order valence-electron chi connectivity index (χ0n) is 21.9. The van der Waals surface area contributed by atoms with Gasteiger partial charge in [0.25, 0.3) is 11.8 Å². The molecule has 0 unspecified atom stereocenters. The molecule has 0 saturated carbocycles. The first-order chi connectivity index (χ1) is 18.0. The first-order valence-corrected chi connectivity index (χ1v) is 12.9. The highest BCUT2D eigenvalue weighted by Crippen LogP contribution is 2.23. The third-order valence-corrected chi connectivity index (χ3v) is 6.74. The van der Waals surface area contributed by atoms with Crippen molar-refractivity contribution in [2.75, 3.05) is 54.9 Å². The Bertz CT molecular complexity index is 1220. The van der Waals surface area contributed by atoms with Gasteiger partial charge in [-0.05, 0) is 73.6 Å². The molecule has 37 heavy (non-hydrogen) atoms. The second-order valence-corrected chi connectivity index (χ2v) is 9.25. The van der Waals surface area contributed by atoms with Gasteiger partial charge in [-0.1, -0.05) is 38.1 Å². The number of nitrogens with one attached hydrogen (secondary N) is 2. The second kappa shape index (κ2) is 12.5. The number of aryl methyl sites for hydroxylation is 1. The molecule has 1 saturated heterocycles. The highest BCUT2D eigenvalue weighted by Gasteiger charge is 2.15. The molecule has 0 aliphatic carbocycles. The number of hydrogen-bond acceptors (Lipinski definition) is 5. The van der Waals surface area contributed by atoms with Gasteiger partial charge in [0.15, 0.2) is 0 Å². The van der Waals surface area contributed by atoms with Crippen LogP contribution in [0.25, 0.3) is 0 Å². The number of benzene rings is 3. The first-order valence-electron chi connectivity index (χ1n) is 12.9. The average molecular weight is 501 g/mol. The summed E-state index contributed by atoms with van der Waals surface area (Å²) in [5.74, 6) is -0.376. The number of morpholine rings is 1. The summed E-state index contributed by atoms with van der Waals surface area (Å²) in [6.07, 6.45) is 0. The normalized spacial score (nSPS) is 13.5. The fourth-order valence-corrected chi connectivity index (χ4v) is 4.36. The number of nitrogens with zero attached hydrogens (tertiary/aromatic N) is 2. The number of carbonyl (C=O) groups excluding carboxylic acids is 2. The third kappa shape index (κ3) is 6.96. The van der Waals surface area contributed by atoms with E-state index in [-0.39, 0.29) is 11.8 Å². The van der Waals surface area contributed by atoms with Crippen LogP contribution in [0.15, 0.2) is 66.7 Å². The van der Waals surface area contributed by atoms with Gasteiger partial charge in [0, 0.05) is 47.8 Å². The molecule has 1 heterocycles. The average Bonchev–Trinajstić information content (AvgIpc) is 2.94. The molecule has 0 aromatic heterocycles. The molecule has 1 aliphatic rings. The van der Waals surface area contributed by atoms with E-state index in [1.807, 2.05) is 61.5 Å². The molecule has 0 bridgehead atoms. The molecule has 7 heteroatoms. The highest BCUT2D eigenvalue weighted by atomic mass is 16.5. The Kier molecular flexibility index (Phi) is 8.93. The van der Waals surface area contributed by atoms with E-state index in [1.54, 1.807) is 12.1 Å². The van der Waals surface area contributed by atoms with E-state index in [1.165, 1.54) is 5.56 Å². The first kappa shape index (κ1) is 26.4. The Morgan fingerprint density at radius 3 is 2.27 bits per heavy atom. The SMILES string of the molecule is CCN(CC)Cc1ccc(C(=O)Nc2cc(NC(=O)c3cccc(N4CCOCC4)c3)ccc2C)cc1. The van der Waals surface area contributed by atoms with Crippen LogP contribution in [0.1, 0.15) is 45.7 Å². The van der Waals surface area contributed by atoms with Crippen LogP contribution >= 0.6 is 0 Å². The molecule has 0 atom stereocenters. The van der Waals surface area contributed by atoms with Crippen molar-refractivity contribution in [3.05, 3.63) is 89.0 Å². The van der Waals surface area contributed by atoms with Gasteiger partial charge in [-0.25, -0.2) is 0 Å². The molecule has 3 aromatic rings. The maximum absolute atomic E-state index is 13.0. The predicted molar refractivity (Wildman–Crippen MR) is 150 cm³/mol. The Hall–Kier alpha value is -3.68. The Labute approximate surface area is 219 Å². The molecule has 1 fully saturated rings. The van der Waals surface area contributed by atoms with Crippen LogP contribution < -0.4 is 15.5 Å². The zero-order chi connectivity index (χ0) is 26.2. The molecule has 4 rings (SSSR count). The van der Waals surface area contributed by atoms with Gasteiger partial charge in [0.1, 0.15) is 0 Å². The number of hydrogen-bond donors (Lipinski definition) is 2. The number of ether oxygens (including phenoxy) is 1. The fourth-order valence-electron chi connectivity index (χ4n) is 4.36. The Morgan fingerprint density at radius 2 is 1.57 bits per heavy atom. The lowest BCUT2D eigenvalue weighted by molar-refractivity contribution is 0.101. The summed E-state index contributed by atoms with van der Waals surface area (Å²) in [4.78, 5) is 30.5. The summed E-state index contributed by atoms with van der Waals surface area (Å²) < 4.78 is 5.43. The molecule has 2 N–H and O–H groups in total. The molecule has 0 spiro atoms. The molecule has 194 valence electrons. The smallest absolute Gasteiger partial charge is 0.255 e. The second-order valence-electron chi connectivity index (χ2n) is 9.25. The van der Waals surface area contributed by atoms with Crippen LogP contribution in [-0.4, -0.2) is 56.1 Å². The van der Waals surface area contributed by atoms with Crippen molar-refractivity contribution in [3.63, 3.8) is 0 Å². The minimum absolute atomic E-state index is 0.181. The summed E-state index contributed by atoms with van der Waals surface area (Å²) in [6, 6.07) is 20.9. The molecular weight excluding hydrogens is 464 g/mol. The highest BCUT2D eigenvalue weighted by molar-refractivity contribution is 6.07. The number of rotatable bonds is 9. The van der Waals surface area contributed by atoms with Crippen LogP contribution in [-0.2, 0) is 11.3 Å². The van der Waals surface area contributed by atoms with E-state index < -0.39 is 0 Å². The summed E-state index contributed by atoms with van der Waals surface area (Å²) in [5.41, 5.74) is 5.57. The van der Waals surface area contributed by atoms with E-state index in [9.17, 15) is 9.59 Å². The summed E-state index contributed by atoms with van der Waals surface area (Å²) in [6.45, 7) is 12.1. The van der Waals surface area contributed by atoms with Gasteiger partial charge >= 0.3 is 0 Å². The summed E-state index contributed by atoms with van der Waals surface area (Å²) >= 11 is 0. The Balaban J connectivity index is 1.41. The van der Waals surface area contributed by atoms with Gasteiger partial charge < -0.3 is 20.3 Å². The largest absolute Gasteiger partial charge is 0.378 e. The quantitative estimate of drug-likeness (QED) is 0.424. The van der Waals surface area contributed by atoms with Crippen LogP contribution in [0.3, 0.4) is 0 Å². The topological polar surface area (TPSA) is 73.9 Å². The van der Waals surface area contributed by atoms with Crippen molar-refractivity contribution >= 4 is 28.9 Å². The molecule has 0 radical (unpaired) electrons. The number of carbonyl (C=O) groups is 2. The fraction of sp³-hybridized carbons (Fsp3) is 0.333. The van der Waals surface area contributed by atoms with Crippen molar-refractivity contribution in [1.82, 2.24) is 4.90 Å². The molecule has 7 nitrogen and oxygen atoms in total. The lowest BCUT2D eigenvalue weighted by atomic mass is 10.1. The number of amides is 2. The molecular formula is C30H36N4O3.